The van der Waals surface area contributed by atoms with E-state index in [1.807, 2.05) is 12.1 Å². The molecule has 0 bridgehead atoms. The monoisotopic (exact) mass is 257 g/mol. The fraction of sp³-hybridized carbons (Fsp3) is 0.538. The smallest absolute Gasteiger partial charge is 0.220 e. The Labute approximate surface area is 108 Å². The third-order valence-electron chi connectivity index (χ3n) is 3.47. The predicted molar refractivity (Wildman–Crippen MR) is 63.0 cm³/mol. The Morgan fingerprint density at radius 3 is 2.47 bits per heavy atom. The van der Waals surface area contributed by atoms with Gasteiger partial charge in [0.25, 0.3) is 0 Å². The average Bonchev–Trinajstić information content (AvgIpc) is 2.33. The molecule has 0 amide bonds. The van der Waals surface area contributed by atoms with Crippen molar-refractivity contribution >= 4 is 5.69 Å². The van der Waals surface area contributed by atoms with Gasteiger partial charge in [0.05, 0.1) is 7.11 Å². The van der Waals surface area contributed by atoms with E-state index in [4.69, 9.17) is 4.74 Å². The number of hydrogen-bond donors (Lipinski definition) is 2. The summed E-state index contributed by atoms with van der Waals surface area (Å²) < 4.78 is 5.17. The molecule has 0 aromatic heterocycles. The first-order valence-corrected chi connectivity index (χ1v) is 5.95. The van der Waals surface area contributed by atoms with E-state index in [-0.39, 0.29) is 18.2 Å². The van der Waals surface area contributed by atoms with E-state index < -0.39 is 0 Å². The second-order valence-electron chi connectivity index (χ2n) is 4.57. The SMILES string of the molecule is COc1cc(C2CCCCC2)cc([NH3+])c1O.[Cl-]. The number of aromatic hydroxyl groups is 1. The maximum Gasteiger partial charge on any atom is 0.220 e. The van der Waals surface area contributed by atoms with E-state index >= 15 is 0 Å². The average molecular weight is 258 g/mol. The van der Waals surface area contributed by atoms with Crippen LogP contribution in [0, 0.1) is 0 Å². The van der Waals surface area contributed by atoms with Gasteiger partial charge in [-0.2, -0.15) is 0 Å². The third kappa shape index (κ3) is 3.05. The molecule has 3 nitrogen and oxygen atoms in total. The molecule has 0 radical (unpaired) electrons. The number of methoxy groups -OCH3 is 1. The Morgan fingerprint density at radius 2 is 1.88 bits per heavy atom. The molecular weight excluding hydrogens is 238 g/mol. The lowest BCUT2D eigenvalue weighted by Crippen LogP contribution is -3.00. The molecule has 1 aromatic carbocycles. The normalized spacial score (nSPS) is 16.4. The number of rotatable bonds is 2. The first-order chi connectivity index (χ1) is 7.72. The van der Waals surface area contributed by atoms with Crippen molar-refractivity contribution in [3.63, 3.8) is 0 Å². The molecule has 1 aromatic rings. The van der Waals surface area contributed by atoms with Gasteiger partial charge >= 0.3 is 0 Å². The molecule has 1 fully saturated rings. The van der Waals surface area contributed by atoms with Gasteiger partial charge in [0.15, 0.2) is 11.4 Å². The van der Waals surface area contributed by atoms with Crippen LogP contribution in [0.3, 0.4) is 0 Å². The molecule has 1 aliphatic rings. The lowest BCUT2D eigenvalue weighted by atomic mass is 9.84. The molecule has 1 aliphatic carbocycles. The van der Waals surface area contributed by atoms with Gasteiger partial charge in [0, 0.05) is 6.07 Å². The Bertz CT molecular complexity index is 376. The van der Waals surface area contributed by atoms with Crippen molar-refractivity contribution in [1.29, 1.82) is 0 Å². The highest BCUT2D eigenvalue weighted by Crippen LogP contribution is 2.39. The summed E-state index contributed by atoms with van der Waals surface area (Å²) in [5, 5.41) is 9.73. The molecule has 4 heteroatoms. The van der Waals surface area contributed by atoms with Gasteiger partial charge < -0.3 is 28.0 Å². The van der Waals surface area contributed by atoms with Crippen LogP contribution in [0.4, 0.5) is 5.69 Å². The zero-order chi connectivity index (χ0) is 11.5. The highest BCUT2D eigenvalue weighted by atomic mass is 35.5. The number of ether oxygens (including phenoxy) is 1. The fourth-order valence-electron chi connectivity index (χ4n) is 2.52. The minimum absolute atomic E-state index is 0. The van der Waals surface area contributed by atoms with Crippen molar-refractivity contribution in [3.05, 3.63) is 17.7 Å². The van der Waals surface area contributed by atoms with Gasteiger partial charge in [-0.15, -0.1) is 0 Å². The number of phenols is 1. The van der Waals surface area contributed by atoms with Crippen LogP contribution in [0.15, 0.2) is 12.1 Å². The van der Waals surface area contributed by atoms with Crippen LogP contribution < -0.4 is 22.9 Å². The molecule has 0 aliphatic heterocycles. The highest BCUT2D eigenvalue weighted by molar-refractivity contribution is 5.56. The summed E-state index contributed by atoms with van der Waals surface area (Å²) in [4.78, 5) is 0. The highest BCUT2D eigenvalue weighted by Gasteiger charge is 2.19. The van der Waals surface area contributed by atoms with Crippen LogP contribution in [-0.4, -0.2) is 12.2 Å². The van der Waals surface area contributed by atoms with Crippen LogP contribution in [0.1, 0.15) is 43.6 Å². The van der Waals surface area contributed by atoms with Gasteiger partial charge in [-0.05, 0) is 30.4 Å². The Hall–Kier alpha value is -0.930. The summed E-state index contributed by atoms with van der Waals surface area (Å²) in [5.41, 5.74) is 5.78. The summed E-state index contributed by atoms with van der Waals surface area (Å²) in [6.07, 6.45) is 6.45. The summed E-state index contributed by atoms with van der Waals surface area (Å²) in [6.45, 7) is 0. The number of hydrogen-bond acceptors (Lipinski definition) is 2. The van der Waals surface area contributed by atoms with Gasteiger partial charge in [-0.3, -0.25) is 0 Å². The van der Waals surface area contributed by atoms with E-state index in [1.54, 1.807) is 7.11 Å². The van der Waals surface area contributed by atoms with E-state index in [9.17, 15) is 5.11 Å². The quantitative estimate of drug-likeness (QED) is 0.738. The maximum atomic E-state index is 9.73. The Morgan fingerprint density at radius 1 is 1.24 bits per heavy atom. The molecule has 1 saturated carbocycles. The number of phenolic OH excluding ortho intramolecular Hbond substituents is 1. The van der Waals surface area contributed by atoms with Crippen LogP contribution in [0.25, 0.3) is 0 Å². The molecule has 96 valence electrons. The summed E-state index contributed by atoms with van der Waals surface area (Å²) in [6, 6.07) is 3.95. The van der Waals surface area contributed by atoms with Crippen LogP contribution >= 0.6 is 0 Å². The largest absolute Gasteiger partial charge is 1.00 e. The Kier molecular flexibility index (Phi) is 5.09. The van der Waals surface area contributed by atoms with Crippen LogP contribution in [0.2, 0.25) is 0 Å². The third-order valence-corrected chi connectivity index (χ3v) is 3.47. The molecule has 0 unspecified atom stereocenters. The molecule has 17 heavy (non-hydrogen) atoms. The van der Waals surface area contributed by atoms with Crippen molar-refractivity contribution < 1.29 is 28.0 Å². The fourth-order valence-corrected chi connectivity index (χ4v) is 2.52. The maximum absolute atomic E-state index is 9.73. The van der Waals surface area contributed by atoms with Crippen molar-refractivity contribution in [2.75, 3.05) is 7.11 Å². The summed E-state index contributed by atoms with van der Waals surface area (Å²) in [7, 11) is 1.58. The minimum atomic E-state index is 0. The minimum Gasteiger partial charge on any atom is -1.00 e. The standard InChI is InChI=1S/C13H19NO2.ClH/c1-16-12-8-10(7-11(14)13(12)15)9-5-3-2-4-6-9;/h7-9,15H,2-6,14H2,1H3;1H. The van der Waals surface area contributed by atoms with Gasteiger partial charge in [-0.1, -0.05) is 19.3 Å². The van der Waals surface area contributed by atoms with E-state index in [0.29, 0.717) is 17.4 Å². The zero-order valence-electron chi connectivity index (χ0n) is 10.2. The topological polar surface area (TPSA) is 57.1 Å². The van der Waals surface area contributed by atoms with E-state index in [2.05, 4.69) is 5.73 Å². The van der Waals surface area contributed by atoms with Crippen LogP contribution in [0.5, 0.6) is 11.5 Å². The van der Waals surface area contributed by atoms with Crippen molar-refractivity contribution in [2.45, 2.75) is 38.0 Å². The lowest BCUT2D eigenvalue weighted by Gasteiger charge is -2.22. The van der Waals surface area contributed by atoms with E-state index in [0.717, 1.165) is 0 Å². The van der Waals surface area contributed by atoms with Gasteiger partial charge in [-0.25, -0.2) is 0 Å². The number of quaternary nitrogens is 1. The predicted octanol–water partition coefficient (Wildman–Crippen LogP) is -0.674. The molecule has 0 saturated heterocycles. The van der Waals surface area contributed by atoms with E-state index in [1.165, 1.54) is 37.7 Å². The number of benzene rings is 1. The van der Waals surface area contributed by atoms with Crippen LogP contribution in [-0.2, 0) is 0 Å². The molecule has 4 N–H and O–H groups in total. The van der Waals surface area contributed by atoms with Crippen molar-refractivity contribution in [1.82, 2.24) is 0 Å². The zero-order valence-corrected chi connectivity index (χ0v) is 11.0. The van der Waals surface area contributed by atoms with Crippen molar-refractivity contribution in [3.8, 4) is 11.5 Å². The molecule has 2 rings (SSSR count). The van der Waals surface area contributed by atoms with Gasteiger partial charge in [0.2, 0.25) is 5.75 Å². The second kappa shape index (κ2) is 6.12. The molecule has 0 heterocycles. The molecule has 0 atom stereocenters. The molecule has 0 spiro atoms. The number of halogens is 1. The Balaban J connectivity index is 0.00000144. The lowest BCUT2D eigenvalue weighted by molar-refractivity contribution is -0.256. The summed E-state index contributed by atoms with van der Waals surface area (Å²) in [5.74, 6) is 1.33. The summed E-state index contributed by atoms with van der Waals surface area (Å²) >= 11 is 0. The molecular formula is C13H20ClNO2. The first kappa shape index (κ1) is 14.1. The second-order valence-corrected chi connectivity index (χ2v) is 4.57. The van der Waals surface area contributed by atoms with Crippen molar-refractivity contribution in [2.24, 2.45) is 0 Å². The van der Waals surface area contributed by atoms with Gasteiger partial charge in [0.1, 0.15) is 0 Å². The first-order valence-electron chi connectivity index (χ1n) is 5.95.